The van der Waals surface area contributed by atoms with Crippen LogP contribution in [0.4, 0.5) is 4.39 Å². The second-order valence-corrected chi connectivity index (χ2v) is 5.89. The second kappa shape index (κ2) is 6.00. The molecule has 0 aliphatic carbocycles. The zero-order valence-electron chi connectivity index (χ0n) is 13.0. The Balaban J connectivity index is 1.50. The lowest BCUT2D eigenvalue weighted by Crippen LogP contribution is -2.24. The summed E-state index contributed by atoms with van der Waals surface area (Å²) in [6, 6.07) is 12.0. The molecular formula is C19H16FNO3. The van der Waals surface area contributed by atoms with Crippen LogP contribution in [0.2, 0.25) is 0 Å². The van der Waals surface area contributed by atoms with Crippen LogP contribution in [0.1, 0.15) is 17.5 Å². The summed E-state index contributed by atoms with van der Waals surface area (Å²) < 4.78 is 23.9. The molecule has 0 radical (unpaired) electrons. The molecule has 0 aromatic heterocycles. The van der Waals surface area contributed by atoms with Gasteiger partial charge in [-0.25, -0.2) is 4.39 Å². The number of nitrogens with zero attached hydrogens (tertiary/aromatic N) is 1. The molecular weight excluding hydrogens is 309 g/mol. The number of carbonyl (C=O) groups excluding carboxylic acids is 1. The van der Waals surface area contributed by atoms with Crippen molar-refractivity contribution in [2.45, 2.75) is 13.0 Å². The Morgan fingerprint density at radius 2 is 2.00 bits per heavy atom. The van der Waals surface area contributed by atoms with Crippen LogP contribution in [0.25, 0.3) is 6.08 Å². The van der Waals surface area contributed by atoms with Gasteiger partial charge in [0.15, 0.2) is 11.5 Å². The van der Waals surface area contributed by atoms with Gasteiger partial charge in [-0.3, -0.25) is 4.79 Å². The SMILES string of the molecule is O=C1/C(=C/c2ccc3c(c2)OCO3)CCN1Cc1cccc(F)c1. The Bertz CT molecular complexity index is 831. The smallest absolute Gasteiger partial charge is 0.250 e. The highest BCUT2D eigenvalue weighted by Gasteiger charge is 2.26. The first-order valence-corrected chi connectivity index (χ1v) is 7.83. The first kappa shape index (κ1) is 14.8. The van der Waals surface area contributed by atoms with Crippen LogP contribution >= 0.6 is 0 Å². The molecule has 0 N–H and O–H groups in total. The molecule has 0 unspecified atom stereocenters. The van der Waals surface area contributed by atoms with Crippen LogP contribution in [0.5, 0.6) is 11.5 Å². The van der Waals surface area contributed by atoms with Gasteiger partial charge in [0.1, 0.15) is 5.82 Å². The monoisotopic (exact) mass is 325 g/mol. The lowest BCUT2D eigenvalue weighted by atomic mass is 10.1. The van der Waals surface area contributed by atoms with E-state index in [2.05, 4.69) is 0 Å². The van der Waals surface area contributed by atoms with E-state index in [9.17, 15) is 9.18 Å². The molecule has 1 fully saturated rings. The van der Waals surface area contributed by atoms with E-state index in [1.807, 2.05) is 30.3 Å². The van der Waals surface area contributed by atoms with Crippen molar-refractivity contribution in [3.05, 3.63) is 65.0 Å². The minimum Gasteiger partial charge on any atom is -0.454 e. The first-order chi connectivity index (χ1) is 11.7. The summed E-state index contributed by atoms with van der Waals surface area (Å²) in [5.74, 6) is 1.14. The Morgan fingerprint density at radius 1 is 1.12 bits per heavy atom. The molecule has 24 heavy (non-hydrogen) atoms. The molecule has 2 aliphatic heterocycles. The van der Waals surface area contributed by atoms with E-state index in [1.165, 1.54) is 12.1 Å². The Labute approximate surface area is 139 Å². The third-order valence-electron chi connectivity index (χ3n) is 4.21. The zero-order valence-corrected chi connectivity index (χ0v) is 13.0. The number of fused-ring (bicyclic) bond motifs is 1. The van der Waals surface area contributed by atoms with Crippen LogP contribution < -0.4 is 9.47 Å². The fraction of sp³-hybridized carbons (Fsp3) is 0.211. The van der Waals surface area contributed by atoms with Crippen LogP contribution in [0.15, 0.2) is 48.0 Å². The molecule has 0 bridgehead atoms. The predicted octanol–water partition coefficient (Wildman–Crippen LogP) is 3.37. The van der Waals surface area contributed by atoms with Crippen LogP contribution in [-0.4, -0.2) is 24.1 Å². The fourth-order valence-electron chi connectivity index (χ4n) is 3.01. The van der Waals surface area contributed by atoms with Crippen molar-refractivity contribution in [3.63, 3.8) is 0 Å². The average Bonchev–Trinajstić information content (AvgIpc) is 3.16. The van der Waals surface area contributed by atoms with E-state index < -0.39 is 0 Å². The third kappa shape index (κ3) is 2.85. The molecule has 0 spiro atoms. The summed E-state index contributed by atoms with van der Waals surface area (Å²) in [5, 5.41) is 0. The van der Waals surface area contributed by atoms with Gasteiger partial charge in [0.05, 0.1) is 0 Å². The number of amides is 1. The van der Waals surface area contributed by atoms with Gasteiger partial charge in [0, 0.05) is 18.7 Å². The molecule has 4 rings (SSSR count). The fourth-order valence-corrected chi connectivity index (χ4v) is 3.01. The maximum Gasteiger partial charge on any atom is 0.250 e. The summed E-state index contributed by atoms with van der Waals surface area (Å²) in [6.07, 6.45) is 2.57. The lowest BCUT2D eigenvalue weighted by Gasteiger charge is -2.15. The van der Waals surface area contributed by atoms with Crippen molar-refractivity contribution < 1.29 is 18.7 Å². The summed E-state index contributed by atoms with van der Waals surface area (Å²) in [7, 11) is 0. The third-order valence-corrected chi connectivity index (χ3v) is 4.21. The Kier molecular flexibility index (Phi) is 3.69. The van der Waals surface area contributed by atoms with Gasteiger partial charge < -0.3 is 14.4 Å². The molecule has 0 atom stereocenters. The second-order valence-electron chi connectivity index (χ2n) is 5.89. The van der Waals surface area contributed by atoms with Gasteiger partial charge in [-0.2, -0.15) is 0 Å². The van der Waals surface area contributed by atoms with Gasteiger partial charge in [-0.05, 0) is 47.9 Å². The minimum absolute atomic E-state index is 0.00284. The number of halogens is 1. The molecule has 2 aromatic rings. The molecule has 2 aliphatic rings. The molecule has 4 nitrogen and oxygen atoms in total. The number of likely N-dealkylation sites (tertiary alicyclic amines) is 1. The van der Waals surface area contributed by atoms with E-state index in [0.29, 0.717) is 25.3 Å². The zero-order chi connectivity index (χ0) is 16.5. The number of hydrogen-bond acceptors (Lipinski definition) is 3. The van der Waals surface area contributed by atoms with Crippen LogP contribution in [0, 0.1) is 5.82 Å². The Morgan fingerprint density at radius 3 is 2.88 bits per heavy atom. The van der Waals surface area contributed by atoms with E-state index in [0.717, 1.165) is 22.4 Å². The van der Waals surface area contributed by atoms with Gasteiger partial charge in [0.2, 0.25) is 12.7 Å². The number of carbonyl (C=O) groups is 1. The highest BCUT2D eigenvalue weighted by molar-refractivity contribution is 5.99. The van der Waals surface area contributed by atoms with Crippen LogP contribution in [-0.2, 0) is 11.3 Å². The topological polar surface area (TPSA) is 38.8 Å². The van der Waals surface area contributed by atoms with Crippen molar-refractivity contribution in [2.75, 3.05) is 13.3 Å². The van der Waals surface area contributed by atoms with E-state index in [4.69, 9.17) is 9.47 Å². The van der Waals surface area contributed by atoms with Gasteiger partial charge in [-0.15, -0.1) is 0 Å². The molecule has 1 saturated heterocycles. The van der Waals surface area contributed by atoms with Crippen molar-refractivity contribution in [1.29, 1.82) is 0 Å². The molecule has 5 heteroatoms. The van der Waals surface area contributed by atoms with Crippen LogP contribution in [0.3, 0.4) is 0 Å². The molecule has 122 valence electrons. The predicted molar refractivity (Wildman–Crippen MR) is 87.0 cm³/mol. The lowest BCUT2D eigenvalue weighted by molar-refractivity contribution is -0.125. The average molecular weight is 325 g/mol. The molecule has 2 aromatic carbocycles. The summed E-state index contributed by atoms with van der Waals surface area (Å²) >= 11 is 0. The van der Waals surface area contributed by atoms with Crippen molar-refractivity contribution in [2.24, 2.45) is 0 Å². The van der Waals surface area contributed by atoms with Crippen molar-refractivity contribution in [1.82, 2.24) is 4.90 Å². The van der Waals surface area contributed by atoms with E-state index in [-0.39, 0.29) is 18.5 Å². The standard InChI is InChI=1S/C19H16FNO3/c20-16-3-1-2-14(9-16)11-21-7-6-15(19(21)22)8-13-4-5-17-18(10-13)24-12-23-17/h1-5,8-10H,6-7,11-12H2/b15-8+. The van der Waals surface area contributed by atoms with E-state index >= 15 is 0 Å². The van der Waals surface area contributed by atoms with Crippen molar-refractivity contribution in [3.8, 4) is 11.5 Å². The largest absolute Gasteiger partial charge is 0.454 e. The van der Waals surface area contributed by atoms with Gasteiger partial charge in [0.25, 0.3) is 0 Å². The summed E-state index contributed by atoms with van der Waals surface area (Å²) in [6.45, 7) is 1.30. The highest BCUT2D eigenvalue weighted by atomic mass is 19.1. The highest BCUT2D eigenvalue weighted by Crippen LogP contribution is 2.33. The maximum absolute atomic E-state index is 13.3. The minimum atomic E-state index is -0.282. The molecule has 2 heterocycles. The van der Waals surface area contributed by atoms with Gasteiger partial charge in [-0.1, -0.05) is 18.2 Å². The van der Waals surface area contributed by atoms with Gasteiger partial charge >= 0.3 is 0 Å². The quantitative estimate of drug-likeness (QED) is 0.812. The number of benzene rings is 2. The summed E-state index contributed by atoms with van der Waals surface area (Å²) in [5.41, 5.74) is 2.47. The Hall–Kier alpha value is -2.82. The number of rotatable bonds is 3. The number of ether oxygens (including phenoxy) is 2. The number of hydrogen-bond donors (Lipinski definition) is 0. The van der Waals surface area contributed by atoms with Crippen molar-refractivity contribution >= 4 is 12.0 Å². The van der Waals surface area contributed by atoms with E-state index in [1.54, 1.807) is 11.0 Å². The maximum atomic E-state index is 13.3. The normalized spacial score (nSPS) is 17.8. The first-order valence-electron chi connectivity index (χ1n) is 7.83. The molecule has 0 saturated carbocycles. The molecule has 1 amide bonds. The summed E-state index contributed by atoms with van der Waals surface area (Å²) in [4.78, 5) is 14.3.